The van der Waals surface area contributed by atoms with Gasteiger partial charge in [0.2, 0.25) is 0 Å². The second kappa shape index (κ2) is 3.57. The predicted octanol–water partition coefficient (Wildman–Crippen LogP) is 1.50. The third-order valence-corrected chi connectivity index (χ3v) is 3.34. The van der Waals surface area contributed by atoms with Crippen LogP contribution in [0.4, 0.5) is 0 Å². The molecule has 0 fully saturated rings. The Balaban J connectivity index is 2.30. The van der Waals surface area contributed by atoms with Gasteiger partial charge in [0.25, 0.3) is 5.91 Å². The van der Waals surface area contributed by atoms with E-state index in [1.54, 1.807) is 6.92 Å². The summed E-state index contributed by atoms with van der Waals surface area (Å²) in [6.07, 6.45) is 0. The number of benzene rings is 2. The standard InChI is InChI=1S/C14H13N3O/c1-14(12(18)16-13(15)17-14)11-8-4-6-9-5-2-3-7-10(9)11/h2-8H,1H3,(H3,15,16,17,18). The third kappa shape index (κ3) is 1.39. The van der Waals surface area contributed by atoms with Crippen LogP contribution >= 0.6 is 0 Å². The fourth-order valence-electron chi connectivity index (χ4n) is 2.39. The Morgan fingerprint density at radius 2 is 1.89 bits per heavy atom. The Kier molecular flexibility index (Phi) is 2.13. The van der Waals surface area contributed by atoms with Gasteiger partial charge in [-0.05, 0) is 23.3 Å². The number of guanidine groups is 1. The van der Waals surface area contributed by atoms with Crippen molar-refractivity contribution >= 4 is 22.6 Å². The number of hydrogen-bond donors (Lipinski definition) is 2. The van der Waals surface area contributed by atoms with Crippen LogP contribution in [0, 0.1) is 0 Å². The molecular weight excluding hydrogens is 226 g/mol. The fourth-order valence-corrected chi connectivity index (χ4v) is 2.39. The van der Waals surface area contributed by atoms with Gasteiger partial charge < -0.3 is 5.73 Å². The first-order valence-corrected chi connectivity index (χ1v) is 5.76. The van der Waals surface area contributed by atoms with Crippen molar-refractivity contribution in [2.75, 3.05) is 0 Å². The molecule has 1 amide bonds. The summed E-state index contributed by atoms with van der Waals surface area (Å²) in [5, 5.41) is 4.67. The van der Waals surface area contributed by atoms with Crippen LogP contribution in [0.3, 0.4) is 0 Å². The lowest BCUT2D eigenvalue weighted by Gasteiger charge is -2.20. The Bertz CT molecular complexity index is 672. The maximum atomic E-state index is 12.0. The molecular formula is C14H13N3O. The van der Waals surface area contributed by atoms with Crippen LogP contribution in [0.5, 0.6) is 0 Å². The van der Waals surface area contributed by atoms with Gasteiger partial charge in [0.1, 0.15) is 0 Å². The molecule has 1 atom stereocenters. The summed E-state index contributed by atoms with van der Waals surface area (Å²) in [5.74, 6) is -0.00760. The van der Waals surface area contributed by atoms with E-state index in [4.69, 9.17) is 5.73 Å². The van der Waals surface area contributed by atoms with E-state index in [-0.39, 0.29) is 11.9 Å². The van der Waals surface area contributed by atoms with Gasteiger partial charge in [-0.25, -0.2) is 4.99 Å². The van der Waals surface area contributed by atoms with Crippen molar-refractivity contribution in [3.05, 3.63) is 48.0 Å². The van der Waals surface area contributed by atoms with Crippen LogP contribution in [0.1, 0.15) is 12.5 Å². The van der Waals surface area contributed by atoms with E-state index in [1.807, 2.05) is 42.5 Å². The molecule has 4 heteroatoms. The average molecular weight is 239 g/mol. The molecule has 0 aliphatic carbocycles. The van der Waals surface area contributed by atoms with E-state index in [0.29, 0.717) is 0 Å². The molecule has 3 N–H and O–H groups in total. The first-order valence-electron chi connectivity index (χ1n) is 5.76. The molecule has 4 nitrogen and oxygen atoms in total. The maximum absolute atomic E-state index is 12.0. The largest absolute Gasteiger partial charge is 0.370 e. The second-order valence-corrected chi connectivity index (χ2v) is 4.55. The van der Waals surface area contributed by atoms with Gasteiger partial charge in [-0.1, -0.05) is 42.5 Å². The van der Waals surface area contributed by atoms with Crippen molar-refractivity contribution in [2.24, 2.45) is 10.7 Å². The van der Waals surface area contributed by atoms with Gasteiger partial charge in [0.15, 0.2) is 11.5 Å². The Labute approximate surface area is 105 Å². The van der Waals surface area contributed by atoms with Crippen LogP contribution in [-0.2, 0) is 10.3 Å². The Hall–Kier alpha value is -2.36. The van der Waals surface area contributed by atoms with Crippen molar-refractivity contribution in [3.8, 4) is 0 Å². The molecule has 1 unspecified atom stereocenters. The van der Waals surface area contributed by atoms with Gasteiger partial charge in [-0.2, -0.15) is 0 Å². The number of nitrogens with one attached hydrogen (secondary N) is 1. The van der Waals surface area contributed by atoms with Crippen molar-refractivity contribution in [3.63, 3.8) is 0 Å². The molecule has 3 rings (SSSR count). The summed E-state index contributed by atoms with van der Waals surface area (Å²) in [6, 6.07) is 13.8. The number of carbonyl (C=O) groups excluding carboxylic acids is 1. The summed E-state index contributed by atoms with van der Waals surface area (Å²) >= 11 is 0. The highest BCUT2D eigenvalue weighted by Gasteiger charge is 2.41. The summed E-state index contributed by atoms with van der Waals surface area (Å²) in [5.41, 5.74) is 5.53. The minimum Gasteiger partial charge on any atom is -0.370 e. The highest BCUT2D eigenvalue weighted by molar-refractivity contribution is 6.08. The second-order valence-electron chi connectivity index (χ2n) is 4.55. The lowest BCUT2D eigenvalue weighted by Crippen LogP contribution is -2.37. The van der Waals surface area contributed by atoms with E-state index in [1.165, 1.54) is 0 Å². The number of nitrogens with two attached hydrogens (primary N) is 1. The van der Waals surface area contributed by atoms with E-state index in [9.17, 15) is 4.79 Å². The highest BCUT2D eigenvalue weighted by atomic mass is 16.2. The Morgan fingerprint density at radius 3 is 2.61 bits per heavy atom. The number of rotatable bonds is 1. The Morgan fingerprint density at radius 1 is 1.17 bits per heavy atom. The lowest BCUT2D eigenvalue weighted by molar-refractivity contribution is -0.123. The fraction of sp³-hybridized carbons (Fsp3) is 0.143. The van der Waals surface area contributed by atoms with E-state index in [0.717, 1.165) is 16.3 Å². The van der Waals surface area contributed by atoms with Crippen molar-refractivity contribution in [1.82, 2.24) is 5.32 Å². The number of amides is 1. The smallest absolute Gasteiger partial charge is 0.259 e. The predicted molar refractivity (Wildman–Crippen MR) is 71.1 cm³/mol. The van der Waals surface area contributed by atoms with E-state index < -0.39 is 5.54 Å². The normalized spacial score (nSPS) is 22.9. The first-order chi connectivity index (χ1) is 8.61. The first kappa shape index (κ1) is 10.8. The van der Waals surface area contributed by atoms with Crippen LogP contribution in [-0.4, -0.2) is 11.9 Å². The van der Waals surface area contributed by atoms with Crippen LogP contribution in [0.25, 0.3) is 10.8 Å². The monoisotopic (exact) mass is 239 g/mol. The zero-order valence-corrected chi connectivity index (χ0v) is 9.97. The highest BCUT2D eigenvalue weighted by Crippen LogP contribution is 2.33. The van der Waals surface area contributed by atoms with Gasteiger partial charge in [0.05, 0.1) is 0 Å². The van der Waals surface area contributed by atoms with Gasteiger partial charge in [-0.3, -0.25) is 10.1 Å². The molecule has 0 saturated carbocycles. The molecule has 0 spiro atoms. The molecule has 90 valence electrons. The SMILES string of the molecule is CC1(c2cccc3ccccc23)N=C(N)NC1=O. The van der Waals surface area contributed by atoms with Gasteiger partial charge >= 0.3 is 0 Å². The van der Waals surface area contributed by atoms with E-state index >= 15 is 0 Å². The number of carbonyl (C=O) groups is 1. The molecule has 2 aromatic carbocycles. The third-order valence-electron chi connectivity index (χ3n) is 3.34. The molecule has 0 radical (unpaired) electrons. The summed E-state index contributed by atoms with van der Waals surface area (Å²) in [4.78, 5) is 16.3. The molecule has 0 bridgehead atoms. The summed E-state index contributed by atoms with van der Waals surface area (Å²) < 4.78 is 0. The van der Waals surface area contributed by atoms with Crippen molar-refractivity contribution < 1.29 is 4.79 Å². The topological polar surface area (TPSA) is 67.5 Å². The molecule has 2 aromatic rings. The number of aliphatic imine (C=N–C) groups is 1. The minimum absolute atomic E-state index is 0.176. The number of fused-ring (bicyclic) bond motifs is 1. The van der Waals surface area contributed by atoms with E-state index in [2.05, 4.69) is 10.3 Å². The van der Waals surface area contributed by atoms with Crippen LogP contribution in [0.2, 0.25) is 0 Å². The zero-order valence-electron chi connectivity index (χ0n) is 9.97. The van der Waals surface area contributed by atoms with Crippen molar-refractivity contribution in [2.45, 2.75) is 12.5 Å². The molecule has 18 heavy (non-hydrogen) atoms. The van der Waals surface area contributed by atoms with Gasteiger partial charge in [0, 0.05) is 0 Å². The molecule has 1 heterocycles. The molecule has 0 aromatic heterocycles. The van der Waals surface area contributed by atoms with Crippen molar-refractivity contribution in [1.29, 1.82) is 0 Å². The molecule has 1 aliphatic heterocycles. The number of nitrogens with zero attached hydrogens (tertiary/aromatic N) is 1. The summed E-state index contributed by atoms with van der Waals surface area (Å²) in [6.45, 7) is 1.78. The maximum Gasteiger partial charge on any atom is 0.259 e. The van der Waals surface area contributed by atoms with Crippen LogP contribution in [0.15, 0.2) is 47.5 Å². The van der Waals surface area contributed by atoms with Crippen LogP contribution < -0.4 is 11.1 Å². The number of hydrogen-bond acceptors (Lipinski definition) is 3. The summed E-state index contributed by atoms with van der Waals surface area (Å²) in [7, 11) is 0. The zero-order chi connectivity index (χ0) is 12.8. The van der Waals surface area contributed by atoms with Gasteiger partial charge in [-0.15, -0.1) is 0 Å². The molecule has 1 aliphatic rings. The minimum atomic E-state index is -0.940. The average Bonchev–Trinajstić information content (AvgIpc) is 2.63. The lowest BCUT2D eigenvalue weighted by atomic mass is 9.88. The molecule has 0 saturated heterocycles. The quantitative estimate of drug-likeness (QED) is 0.791.